The van der Waals surface area contributed by atoms with Crippen molar-refractivity contribution in [2.24, 2.45) is 5.92 Å². The van der Waals surface area contributed by atoms with Gasteiger partial charge in [0.25, 0.3) is 5.91 Å². The van der Waals surface area contributed by atoms with Crippen LogP contribution in [0.1, 0.15) is 124 Å². The first-order valence-corrected chi connectivity index (χ1v) is 25.4. The van der Waals surface area contributed by atoms with Crippen molar-refractivity contribution >= 4 is 63.7 Å². The van der Waals surface area contributed by atoms with Crippen LogP contribution in [0.4, 0.5) is 4.39 Å². The maximum Gasteiger partial charge on any atom is 0.343 e. The van der Waals surface area contributed by atoms with Crippen LogP contribution in [0.2, 0.25) is 0 Å². The Morgan fingerprint density at radius 3 is 2.36 bits per heavy atom. The molecule has 4 aliphatic carbocycles. The number of hydrogen-bond acceptors (Lipinski definition) is 12. The Bertz CT molecular complexity index is 2790. The van der Waals surface area contributed by atoms with Crippen molar-refractivity contribution in [1.82, 2.24) is 36.9 Å². The lowest BCUT2D eigenvalue weighted by Gasteiger charge is -2.41. The van der Waals surface area contributed by atoms with Crippen molar-refractivity contribution < 1.29 is 57.3 Å². The van der Waals surface area contributed by atoms with Gasteiger partial charge in [0.1, 0.15) is 30.8 Å². The minimum atomic E-state index is -2.03. The zero-order chi connectivity index (χ0) is 52.0. The summed E-state index contributed by atoms with van der Waals surface area (Å²) in [6, 6.07) is 8.67. The summed E-state index contributed by atoms with van der Waals surface area (Å²) < 4.78 is 27.1. The van der Waals surface area contributed by atoms with Crippen molar-refractivity contribution in [3.63, 3.8) is 0 Å². The lowest BCUT2D eigenvalue weighted by Crippen LogP contribution is -2.56. The molecule has 1 unspecified atom stereocenters. The van der Waals surface area contributed by atoms with E-state index in [0.717, 1.165) is 46.1 Å². The van der Waals surface area contributed by atoms with E-state index >= 15 is 4.39 Å². The third kappa shape index (κ3) is 11.2. The molecular formula is C54H64FN7O11. The first-order valence-electron chi connectivity index (χ1n) is 25.4. The number of esters is 1. The van der Waals surface area contributed by atoms with Gasteiger partial charge in [-0.3, -0.25) is 33.6 Å². The van der Waals surface area contributed by atoms with Crippen LogP contribution in [0.25, 0.3) is 16.5 Å². The number of aryl methyl sites for hydroxylation is 1. The molecule has 1 fully saturated rings. The summed E-state index contributed by atoms with van der Waals surface area (Å²) in [5.74, 6) is -4.81. The minimum Gasteiger partial charge on any atom is -0.458 e. The summed E-state index contributed by atoms with van der Waals surface area (Å²) in [5.41, 5.74) is 2.53. The molecule has 19 heteroatoms. The molecule has 388 valence electrons. The Hall–Kier alpha value is -6.86. The second-order valence-electron chi connectivity index (χ2n) is 19.7. The SMILES string of the molecule is CCCCCC(=O)NCC(=O)NCC(=O)N[C@@H](Cc1ccccc1)C(=O)NCC(=O)NCOC1(C(=O)N[C@H]2CCc3c(C)c(F)cc4nc5c(c2c34)CC2CCC(=O)C3=C(/C=C/52)[C@@](O)(CC)C(=O)OC3)CCC1. The van der Waals surface area contributed by atoms with Gasteiger partial charge in [-0.15, -0.1) is 0 Å². The largest absolute Gasteiger partial charge is 0.458 e. The number of carbonyl (C=O) groups excluding carboxylic acids is 8. The van der Waals surface area contributed by atoms with Crippen molar-refractivity contribution in [3.8, 4) is 0 Å². The molecule has 3 aromatic rings. The van der Waals surface area contributed by atoms with E-state index in [1.54, 1.807) is 50.3 Å². The molecule has 0 radical (unpaired) electrons. The number of pyridine rings is 1. The molecule has 2 heterocycles. The third-order valence-electron chi connectivity index (χ3n) is 15.0. The lowest BCUT2D eigenvalue weighted by molar-refractivity contribution is -0.164. The van der Waals surface area contributed by atoms with Gasteiger partial charge in [-0.05, 0) is 110 Å². The average Bonchev–Trinajstić information content (AvgIpc) is 3.70. The highest BCUT2D eigenvalue weighted by Crippen LogP contribution is 2.50. The highest BCUT2D eigenvalue weighted by Gasteiger charge is 2.49. The standard InChI is InChI=1S/C54H64FN7O11/c1-4-6-8-14-43(64)56-25-44(65)57-27-46(67)60-41(21-31-12-9-7-10-13-31)50(68)58-26-45(66)59-29-73-53(19-11-20-53)51(69)62-39-17-16-33-30(3)38(55)24-40-47(33)48(39)35-22-32-15-18-42(63)36-28-72-52(70)54(71,5-2)37(36)23-34(32)49(35)61-40/h7,9-10,12-13,23-24,32,39,41,71H,4-6,8,11,14-22,25-29H2,1-3H3,(H,56,64)(H,57,65)(H,58,68)(H,59,66)(H,60,67)(H,62,69)/b34-23+/t32?,39-,41-,54-/m0/s1. The van der Waals surface area contributed by atoms with Gasteiger partial charge in [-0.2, -0.15) is 0 Å². The summed E-state index contributed by atoms with van der Waals surface area (Å²) in [6.07, 6.45) is 8.06. The number of amides is 6. The van der Waals surface area contributed by atoms with Crippen molar-refractivity contribution in [1.29, 1.82) is 0 Å². The highest BCUT2D eigenvalue weighted by molar-refractivity contribution is 6.03. The first-order chi connectivity index (χ1) is 35.0. The Kier molecular flexibility index (Phi) is 16.2. The normalized spacial score (nSPS) is 21.6. The monoisotopic (exact) mass is 1010 g/mol. The van der Waals surface area contributed by atoms with Crippen LogP contribution >= 0.6 is 0 Å². The van der Waals surface area contributed by atoms with Crippen LogP contribution in [0.15, 0.2) is 53.6 Å². The van der Waals surface area contributed by atoms with Crippen molar-refractivity contribution in [2.45, 2.75) is 134 Å². The number of aromatic nitrogens is 1. The van der Waals surface area contributed by atoms with Crippen molar-refractivity contribution in [2.75, 3.05) is 33.0 Å². The number of benzene rings is 2. The highest BCUT2D eigenvalue weighted by atomic mass is 19.1. The van der Waals surface area contributed by atoms with Gasteiger partial charge < -0.3 is 46.5 Å². The quantitative estimate of drug-likeness (QED) is 0.0489. The molecule has 7 N–H and O–H groups in total. The first kappa shape index (κ1) is 52.5. The van der Waals surface area contributed by atoms with E-state index in [4.69, 9.17) is 14.5 Å². The number of carbonyl (C=O) groups is 8. The van der Waals surface area contributed by atoms with Crippen LogP contribution < -0.4 is 31.9 Å². The van der Waals surface area contributed by atoms with Crippen molar-refractivity contribution in [3.05, 3.63) is 92.9 Å². The maximum absolute atomic E-state index is 15.6. The number of halogens is 1. The smallest absolute Gasteiger partial charge is 0.343 e. The fourth-order valence-electron chi connectivity index (χ4n) is 10.6. The van der Waals surface area contributed by atoms with Gasteiger partial charge in [0.2, 0.25) is 29.5 Å². The summed E-state index contributed by atoms with van der Waals surface area (Å²) >= 11 is 0. The van der Waals surface area contributed by atoms with Crippen LogP contribution in [0.3, 0.4) is 0 Å². The number of rotatable bonds is 20. The van der Waals surface area contributed by atoms with Crippen LogP contribution in [0.5, 0.6) is 0 Å². The molecule has 1 aliphatic heterocycles. The number of cyclic esters (lactones) is 1. The van der Waals surface area contributed by atoms with E-state index in [1.807, 2.05) is 6.92 Å². The third-order valence-corrected chi connectivity index (χ3v) is 15.0. The van der Waals surface area contributed by atoms with Crippen LogP contribution in [-0.2, 0) is 67.1 Å². The zero-order valence-corrected chi connectivity index (χ0v) is 41.6. The molecule has 18 nitrogen and oxygen atoms in total. The molecule has 0 saturated heterocycles. The molecule has 6 amide bonds. The van der Waals surface area contributed by atoms with Gasteiger partial charge >= 0.3 is 5.97 Å². The molecule has 8 rings (SSSR count). The number of nitrogens with one attached hydrogen (secondary N) is 6. The second kappa shape index (κ2) is 22.5. The van der Waals surface area contributed by atoms with Gasteiger partial charge in [-0.1, -0.05) is 57.0 Å². The predicted octanol–water partition coefficient (Wildman–Crippen LogP) is 3.37. The number of ether oxygens (including phenoxy) is 2. The number of unbranched alkanes of at least 4 members (excludes halogenated alkanes) is 2. The Balaban J connectivity index is 0.916. The second-order valence-corrected chi connectivity index (χ2v) is 19.7. The van der Waals surface area contributed by atoms with Gasteiger partial charge in [0.05, 0.1) is 36.9 Å². The number of ketones is 1. The molecule has 0 spiro atoms. The molecular weight excluding hydrogens is 942 g/mol. The fraction of sp³-hybridized carbons (Fsp3) is 0.500. The molecule has 73 heavy (non-hydrogen) atoms. The molecule has 5 aliphatic rings. The minimum absolute atomic E-state index is 0.0205. The molecule has 0 bridgehead atoms. The van der Waals surface area contributed by atoms with Crippen LogP contribution in [0, 0.1) is 18.7 Å². The molecule has 2 aromatic carbocycles. The Labute approximate surface area is 422 Å². The number of allylic oxidation sites excluding steroid dienone is 1. The Morgan fingerprint density at radius 1 is 0.904 bits per heavy atom. The average molecular weight is 1010 g/mol. The molecule has 1 saturated carbocycles. The number of aliphatic hydroxyl groups is 1. The van der Waals surface area contributed by atoms with E-state index in [9.17, 15) is 43.5 Å². The number of hydrogen-bond donors (Lipinski definition) is 7. The number of fused-ring (bicyclic) bond motifs is 4. The fourth-order valence-corrected chi connectivity index (χ4v) is 10.6. The summed E-state index contributed by atoms with van der Waals surface area (Å²) in [4.78, 5) is 110. The summed E-state index contributed by atoms with van der Waals surface area (Å²) in [7, 11) is 0. The van der Waals surface area contributed by atoms with Gasteiger partial charge in [0, 0.05) is 41.9 Å². The maximum atomic E-state index is 15.6. The molecule has 1 aromatic heterocycles. The van der Waals surface area contributed by atoms with E-state index in [-0.39, 0.29) is 73.8 Å². The summed E-state index contributed by atoms with van der Waals surface area (Å²) in [6.45, 7) is 3.57. The zero-order valence-electron chi connectivity index (χ0n) is 41.6. The predicted molar refractivity (Wildman–Crippen MR) is 264 cm³/mol. The Morgan fingerprint density at radius 2 is 1.63 bits per heavy atom. The van der Waals surface area contributed by atoms with Gasteiger partial charge in [-0.25, -0.2) is 14.2 Å². The number of nitrogens with zero attached hydrogens (tertiary/aromatic N) is 1. The van der Waals surface area contributed by atoms with E-state index in [1.165, 1.54) is 6.07 Å². The van der Waals surface area contributed by atoms with E-state index < -0.39 is 71.8 Å². The molecule has 4 atom stereocenters. The van der Waals surface area contributed by atoms with E-state index in [2.05, 4.69) is 31.9 Å². The lowest BCUT2D eigenvalue weighted by atomic mass is 9.77. The summed E-state index contributed by atoms with van der Waals surface area (Å²) in [5, 5.41) is 28.4. The van der Waals surface area contributed by atoms with E-state index in [0.29, 0.717) is 74.6 Å². The number of Topliss-reactive ketones (excluding diaryl/α,β-unsaturated/α-hetero) is 1. The van der Waals surface area contributed by atoms with Gasteiger partial charge in [0.15, 0.2) is 11.4 Å². The van der Waals surface area contributed by atoms with Crippen LogP contribution in [-0.4, -0.2) is 108 Å². The topological polar surface area (TPSA) is 260 Å².